The zero-order valence-corrected chi connectivity index (χ0v) is 28.2. The topological polar surface area (TPSA) is 99.2 Å². The van der Waals surface area contributed by atoms with Crippen molar-refractivity contribution < 1.29 is 24.2 Å². The van der Waals surface area contributed by atoms with Gasteiger partial charge in [0.1, 0.15) is 11.5 Å². The first kappa shape index (κ1) is 32.0. The van der Waals surface area contributed by atoms with Gasteiger partial charge < -0.3 is 14.7 Å². The van der Waals surface area contributed by atoms with Crippen LogP contribution in [0.25, 0.3) is 11.1 Å². The Morgan fingerprint density at radius 1 is 0.787 bits per heavy atom. The molecule has 0 spiro atoms. The molecule has 0 saturated carbocycles. The number of amides is 2. The maximum absolute atomic E-state index is 13.4. The van der Waals surface area contributed by atoms with Crippen molar-refractivity contribution in [2.75, 3.05) is 11.6 Å². The van der Waals surface area contributed by atoms with E-state index in [0.717, 1.165) is 23.2 Å². The Kier molecular flexibility index (Phi) is 9.70. The summed E-state index contributed by atoms with van der Waals surface area (Å²) < 4.78 is 6.95. The average molecular weight is 755 g/mol. The first-order valence-corrected chi connectivity index (χ1v) is 16.4. The van der Waals surface area contributed by atoms with Crippen LogP contribution >= 0.6 is 31.9 Å². The summed E-state index contributed by atoms with van der Waals surface area (Å²) in [5, 5.41) is 11.4. The number of hydrogen-bond acceptors (Lipinski definition) is 5. The lowest BCUT2D eigenvalue weighted by Crippen LogP contribution is -2.45. The average Bonchev–Trinajstić information content (AvgIpc) is 3.08. The van der Waals surface area contributed by atoms with E-state index in [1.54, 1.807) is 36.4 Å². The van der Waals surface area contributed by atoms with Gasteiger partial charge in [-0.1, -0.05) is 98.6 Å². The van der Waals surface area contributed by atoms with Crippen LogP contribution in [0.5, 0.6) is 11.5 Å². The molecule has 5 aromatic carbocycles. The molecule has 47 heavy (non-hydrogen) atoms. The first-order valence-electron chi connectivity index (χ1n) is 14.8. The number of carboxylic acid groups (broad SMARTS) is 1. The Labute approximate surface area is 288 Å². The van der Waals surface area contributed by atoms with Gasteiger partial charge in [-0.3, -0.25) is 20.0 Å². The minimum atomic E-state index is -1.56. The minimum Gasteiger partial charge on any atom is -0.474 e. The molecule has 0 atom stereocenters. The normalized spacial score (nSPS) is 11.9. The Bertz CT molecular complexity index is 1910. The van der Waals surface area contributed by atoms with Crippen LogP contribution in [-0.2, 0) is 29.1 Å². The number of para-hydroxylation sites is 1. The SMILES string of the molecule is O=C(O)C(=O)N(Cc1ccc(Oc2ccccc2)cc1)Cc1c(Br)cc(C(=O)NN2CCc3cc2ccc3-c2ccccc2)cc1Br. The standard InChI is InChI=1S/C37H29Br2N3O5/c38-33-20-27(35(43)40-42-18-17-26-19-28(42)13-16-31(26)25-7-3-1-4-8-25)21-34(39)32(33)23-41(36(44)37(45)46)22-24-11-14-30(15-12-24)47-29-9-5-2-6-10-29/h1-16,19-21H,17-18,22-23H2,(H,40,43)(H,45,46). The Balaban J connectivity index is 1.14. The molecule has 0 fully saturated rings. The van der Waals surface area contributed by atoms with Crippen molar-refractivity contribution in [3.05, 3.63) is 146 Å². The summed E-state index contributed by atoms with van der Waals surface area (Å²) in [5.74, 6) is -1.59. The van der Waals surface area contributed by atoms with E-state index in [4.69, 9.17) is 4.74 Å². The summed E-state index contributed by atoms with van der Waals surface area (Å²) >= 11 is 7.10. The molecule has 0 radical (unpaired) electrons. The number of nitrogens with one attached hydrogen (secondary N) is 1. The van der Waals surface area contributed by atoms with Gasteiger partial charge in [-0.15, -0.1) is 0 Å². The monoisotopic (exact) mass is 753 g/mol. The van der Waals surface area contributed by atoms with Crippen molar-refractivity contribution in [2.24, 2.45) is 0 Å². The van der Waals surface area contributed by atoms with Gasteiger partial charge >= 0.3 is 11.9 Å². The Morgan fingerprint density at radius 3 is 2.09 bits per heavy atom. The van der Waals surface area contributed by atoms with E-state index in [1.165, 1.54) is 16.0 Å². The number of carbonyl (C=O) groups excluding carboxylic acids is 2. The lowest BCUT2D eigenvalue weighted by Gasteiger charge is -2.31. The van der Waals surface area contributed by atoms with Crippen molar-refractivity contribution in [3.8, 4) is 22.6 Å². The second-order valence-corrected chi connectivity index (χ2v) is 12.7. The highest BCUT2D eigenvalue weighted by Crippen LogP contribution is 2.33. The van der Waals surface area contributed by atoms with E-state index in [0.29, 0.717) is 38.1 Å². The van der Waals surface area contributed by atoms with Gasteiger partial charge in [0, 0.05) is 34.1 Å². The number of anilines is 1. The first-order chi connectivity index (χ1) is 22.7. The van der Waals surface area contributed by atoms with Crippen molar-refractivity contribution in [1.29, 1.82) is 0 Å². The van der Waals surface area contributed by atoms with Gasteiger partial charge in [0.05, 0.1) is 5.69 Å². The number of benzene rings is 5. The summed E-state index contributed by atoms with van der Waals surface area (Å²) in [4.78, 5) is 39.1. The molecule has 0 unspecified atom stereocenters. The zero-order valence-electron chi connectivity index (χ0n) is 25.0. The minimum absolute atomic E-state index is 0.0148. The van der Waals surface area contributed by atoms with Crippen LogP contribution in [-0.4, -0.2) is 34.3 Å². The molecule has 1 aliphatic rings. The smallest absolute Gasteiger partial charge is 0.394 e. The van der Waals surface area contributed by atoms with Crippen molar-refractivity contribution >= 4 is 55.3 Å². The number of carboxylic acids is 1. The third-order valence-electron chi connectivity index (χ3n) is 7.82. The molecule has 236 valence electrons. The summed E-state index contributed by atoms with van der Waals surface area (Å²) in [5.41, 5.74) is 9.23. The number of nitrogens with zero attached hydrogens (tertiary/aromatic N) is 2. The fourth-order valence-electron chi connectivity index (χ4n) is 5.44. The Hall–Kier alpha value is -4.93. The fraction of sp³-hybridized carbons (Fsp3) is 0.108. The predicted octanol–water partition coefficient (Wildman–Crippen LogP) is 7.99. The summed E-state index contributed by atoms with van der Waals surface area (Å²) in [6, 6.07) is 36.2. The highest BCUT2D eigenvalue weighted by molar-refractivity contribution is 9.11. The molecule has 2 bridgehead atoms. The molecule has 2 amide bonds. The number of rotatable bonds is 9. The quantitative estimate of drug-likeness (QED) is 0.148. The number of carbonyl (C=O) groups is 3. The number of ether oxygens (including phenoxy) is 1. The third-order valence-corrected chi connectivity index (χ3v) is 9.24. The fourth-order valence-corrected chi connectivity index (χ4v) is 6.88. The van der Waals surface area contributed by atoms with Crippen LogP contribution in [0.1, 0.15) is 27.0 Å². The van der Waals surface area contributed by atoms with E-state index < -0.39 is 11.9 Å². The zero-order chi connectivity index (χ0) is 32.9. The van der Waals surface area contributed by atoms with Gasteiger partial charge in [-0.05, 0) is 82.8 Å². The molecule has 1 heterocycles. The molecular formula is C37H29Br2N3O5. The largest absolute Gasteiger partial charge is 0.474 e. The molecule has 0 aromatic heterocycles. The molecule has 6 rings (SSSR count). The van der Waals surface area contributed by atoms with Gasteiger partial charge in [0.2, 0.25) is 0 Å². The molecule has 1 aliphatic heterocycles. The van der Waals surface area contributed by atoms with E-state index in [1.807, 2.05) is 59.6 Å². The summed E-state index contributed by atoms with van der Waals surface area (Å²) in [6.45, 7) is 0.663. The number of aliphatic carboxylic acids is 1. The highest BCUT2D eigenvalue weighted by atomic mass is 79.9. The van der Waals surface area contributed by atoms with Gasteiger partial charge in [0.25, 0.3) is 5.91 Å². The maximum atomic E-state index is 13.4. The molecular weight excluding hydrogens is 726 g/mol. The van der Waals surface area contributed by atoms with Crippen LogP contribution in [0.2, 0.25) is 0 Å². The molecule has 5 aromatic rings. The lowest BCUT2D eigenvalue weighted by molar-refractivity contribution is -0.156. The number of halogens is 2. The molecule has 2 N–H and O–H groups in total. The van der Waals surface area contributed by atoms with E-state index in [-0.39, 0.29) is 19.0 Å². The number of fused-ring (bicyclic) bond motifs is 2. The van der Waals surface area contributed by atoms with E-state index in [2.05, 4.69) is 61.6 Å². The molecule has 10 heteroatoms. The number of hydrazine groups is 1. The van der Waals surface area contributed by atoms with E-state index in [9.17, 15) is 19.5 Å². The molecule has 8 nitrogen and oxygen atoms in total. The second kappa shape index (κ2) is 14.2. The van der Waals surface area contributed by atoms with Crippen molar-refractivity contribution in [1.82, 2.24) is 10.3 Å². The van der Waals surface area contributed by atoms with Crippen molar-refractivity contribution in [2.45, 2.75) is 19.5 Å². The van der Waals surface area contributed by atoms with Crippen LogP contribution < -0.4 is 15.2 Å². The van der Waals surface area contributed by atoms with Gasteiger partial charge in [-0.2, -0.15) is 0 Å². The van der Waals surface area contributed by atoms with Gasteiger partial charge in [-0.25, -0.2) is 4.79 Å². The third kappa shape index (κ3) is 7.56. The Morgan fingerprint density at radius 2 is 1.43 bits per heavy atom. The summed E-state index contributed by atoms with van der Waals surface area (Å²) in [6.07, 6.45) is 0.779. The van der Waals surface area contributed by atoms with Crippen LogP contribution in [0.3, 0.4) is 0 Å². The van der Waals surface area contributed by atoms with Crippen molar-refractivity contribution in [3.63, 3.8) is 0 Å². The second-order valence-electron chi connectivity index (χ2n) is 11.0. The van der Waals surface area contributed by atoms with Crippen LogP contribution in [0.4, 0.5) is 5.69 Å². The number of hydrogen-bond donors (Lipinski definition) is 2. The lowest BCUT2D eigenvalue weighted by atomic mass is 9.95. The molecule has 0 saturated heterocycles. The van der Waals surface area contributed by atoms with Crippen LogP contribution in [0, 0.1) is 0 Å². The van der Waals surface area contributed by atoms with Crippen LogP contribution in [0.15, 0.2) is 124 Å². The van der Waals surface area contributed by atoms with E-state index >= 15 is 0 Å². The molecule has 0 aliphatic carbocycles. The predicted molar refractivity (Wildman–Crippen MR) is 187 cm³/mol. The maximum Gasteiger partial charge on any atom is 0.394 e. The van der Waals surface area contributed by atoms with Gasteiger partial charge in [0.15, 0.2) is 0 Å². The highest BCUT2D eigenvalue weighted by Gasteiger charge is 2.25. The summed E-state index contributed by atoms with van der Waals surface area (Å²) in [7, 11) is 0.